The zero-order chi connectivity index (χ0) is 20.5. The molecule has 1 fully saturated rings. The number of carbonyl (C=O) groups excluding carboxylic acids is 2. The Labute approximate surface area is 162 Å². The molecule has 1 aliphatic heterocycles. The number of rotatable bonds is 5. The molecule has 2 aromatic rings. The van der Waals surface area contributed by atoms with Crippen LogP contribution in [0, 0.1) is 6.92 Å². The van der Waals surface area contributed by atoms with E-state index in [4.69, 9.17) is 0 Å². The summed E-state index contributed by atoms with van der Waals surface area (Å²) in [6.07, 6.45) is 3.75. The second kappa shape index (κ2) is 7.77. The average molecular weight is 390 g/mol. The van der Waals surface area contributed by atoms with Gasteiger partial charge in [0.25, 0.3) is 11.8 Å². The molecule has 1 saturated heterocycles. The van der Waals surface area contributed by atoms with Gasteiger partial charge in [0.1, 0.15) is 0 Å². The first-order chi connectivity index (χ1) is 13.2. The van der Waals surface area contributed by atoms with Gasteiger partial charge in [0.05, 0.1) is 23.5 Å². The van der Waals surface area contributed by atoms with Crippen molar-refractivity contribution in [2.45, 2.75) is 58.0 Å². The molecule has 0 aliphatic carbocycles. The summed E-state index contributed by atoms with van der Waals surface area (Å²) >= 11 is 0. The summed E-state index contributed by atoms with van der Waals surface area (Å²) in [7, 11) is 0. The number of aromatic nitrogens is 2. The van der Waals surface area contributed by atoms with Crippen molar-refractivity contribution in [1.82, 2.24) is 20.2 Å². The van der Waals surface area contributed by atoms with E-state index in [1.807, 2.05) is 6.92 Å². The van der Waals surface area contributed by atoms with Gasteiger partial charge >= 0.3 is 0 Å². The molecule has 1 aromatic carbocycles. The van der Waals surface area contributed by atoms with E-state index in [1.54, 1.807) is 31.5 Å². The lowest BCUT2D eigenvalue weighted by molar-refractivity contribution is -0.138. The van der Waals surface area contributed by atoms with Crippen LogP contribution in [-0.4, -0.2) is 51.2 Å². The van der Waals surface area contributed by atoms with E-state index < -0.39 is 18.3 Å². The first-order valence-corrected chi connectivity index (χ1v) is 9.35. The topological polar surface area (TPSA) is 75.2 Å². The molecular formula is C20H24F2N4O2. The molecule has 3 rings (SSSR count). The van der Waals surface area contributed by atoms with Gasteiger partial charge in [0.2, 0.25) is 5.91 Å². The van der Waals surface area contributed by atoms with Crippen LogP contribution in [0.25, 0.3) is 11.0 Å². The van der Waals surface area contributed by atoms with E-state index in [9.17, 15) is 18.4 Å². The fourth-order valence-electron chi connectivity index (χ4n) is 3.73. The molecule has 0 radical (unpaired) electrons. The van der Waals surface area contributed by atoms with Crippen molar-refractivity contribution < 1.29 is 18.4 Å². The van der Waals surface area contributed by atoms with Gasteiger partial charge in [-0.15, -0.1) is 0 Å². The predicted molar refractivity (Wildman–Crippen MR) is 101 cm³/mol. The number of hydrogen-bond donors (Lipinski definition) is 1. The summed E-state index contributed by atoms with van der Waals surface area (Å²) in [5.41, 5.74) is 2.57. The molecule has 0 spiro atoms. The Kier molecular flexibility index (Phi) is 5.58. The van der Waals surface area contributed by atoms with Crippen molar-refractivity contribution in [1.29, 1.82) is 0 Å². The summed E-state index contributed by atoms with van der Waals surface area (Å²) in [5, 5.41) is 2.92. The van der Waals surface area contributed by atoms with Crippen molar-refractivity contribution in [3.63, 3.8) is 0 Å². The number of nitrogens with one attached hydrogen (secondary N) is 1. The van der Waals surface area contributed by atoms with E-state index in [-0.39, 0.29) is 18.0 Å². The molecule has 8 heteroatoms. The molecule has 1 unspecified atom stereocenters. The van der Waals surface area contributed by atoms with E-state index in [0.29, 0.717) is 29.6 Å². The van der Waals surface area contributed by atoms with Crippen LogP contribution in [0.2, 0.25) is 0 Å². The van der Waals surface area contributed by atoms with Gasteiger partial charge in [-0.2, -0.15) is 0 Å². The van der Waals surface area contributed by atoms with Crippen LogP contribution >= 0.6 is 0 Å². The lowest BCUT2D eigenvalue weighted by atomic mass is 10.0. The molecule has 1 N–H and O–H groups in total. The predicted octanol–water partition coefficient (Wildman–Crippen LogP) is 3.09. The normalized spacial score (nSPS) is 18.3. The number of amides is 2. The molecular weight excluding hydrogens is 366 g/mol. The molecule has 28 heavy (non-hydrogen) atoms. The molecule has 0 saturated carbocycles. The number of likely N-dealkylation sites (tertiary alicyclic amines) is 1. The largest absolute Gasteiger partial charge is 0.348 e. The third-order valence-corrected chi connectivity index (χ3v) is 5.08. The van der Waals surface area contributed by atoms with Gasteiger partial charge in [-0.25, -0.2) is 8.78 Å². The zero-order valence-electron chi connectivity index (χ0n) is 16.2. The van der Waals surface area contributed by atoms with Crippen molar-refractivity contribution in [3.05, 3.63) is 35.7 Å². The molecule has 1 aromatic heterocycles. The van der Waals surface area contributed by atoms with Crippen LogP contribution in [0.1, 0.15) is 49.0 Å². The minimum atomic E-state index is -3.04. The lowest BCUT2D eigenvalue weighted by Crippen LogP contribution is -2.50. The summed E-state index contributed by atoms with van der Waals surface area (Å²) in [6, 6.07) is 2.84. The molecule has 2 atom stereocenters. The number of aryl methyl sites for hydroxylation is 1. The SMILES string of the molecule is Cc1cc2nccnc2cc1C(=O)NC(C)[C@@H]1CCCN1C(=O)CC(C)(F)F. The highest BCUT2D eigenvalue weighted by atomic mass is 19.3. The molecule has 150 valence electrons. The number of hydrogen-bond acceptors (Lipinski definition) is 4. The number of alkyl halides is 2. The average Bonchev–Trinajstić information content (AvgIpc) is 3.09. The van der Waals surface area contributed by atoms with Crippen LogP contribution in [0.15, 0.2) is 24.5 Å². The monoisotopic (exact) mass is 390 g/mol. The Morgan fingerprint density at radius 3 is 2.57 bits per heavy atom. The number of carbonyl (C=O) groups is 2. The van der Waals surface area contributed by atoms with Crippen molar-refractivity contribution in [2.24, 2.45) is 0 Å². The van der Waals surface area contributed by atoms with Crippen LogP contribution in [-0.2, 0) is 4.79 Å². The third kappa shape index (κ3) is 4.43. The summed E-state index contributed by atoms with van der Waals surface area (Å²) in [6.45, 7) is 4.80. The highest BCUT2D eigenvalue weighted by molar-refractivity contribution is 5.99. The standard InChI is InChI=1S/C20H24F2N4O2/c1-12-9-15-16(24-7-6-23-15)10-14(12)19(28)25-13(2)17-5-4-8-26(17)18(27)11-20(3,21)22/h6-7,9-10,13,17H,4-5,8,11H2,1-3H3,(H,25,28)/t13?,17-/m0/s1. The number of halogens is 2. The van der Waals surface area contributed by atoms with Gasteiger partial charge in [0.15, 0.2) is 0 Å². The fraction of sp³-hybridized carbons (Fsp3) is 0.500. The zero-order valence-corrected chi connectivity index (χ0v) is 16.2. The Hall–Kier alpha value is -2.64. The quantitative estimate of drug-likeness (QED) is 0.851. The highest BCUT2D eigenvalue weighted by Crippen LogP contribution is 2.25. The Morgan fingerprint density at radius 2 is 1.93 bits per heavy atom. The van der Waals surface area contributed by atoms with Gasteiger partial charge in [-0.1, -0.05) is 0 Å². The maximum absolute atomic E-state index is 13.2. The lowest BCUT2D eigenvalue weighted by Gasteiger charge is -2.31. The van der Waals surface area contributed by atoms with Crippen LogP contribution in [0.3, 0.4) is 0 Å². The summed E-state index contributed by atoms with van der Waals surface area (Å²) in [4.78, 5) is 35.0. The van der Waals surface area contributed by atoms with Gasteiger partial charge < -0.3 is 10.2 Å². The first-order valence-electron chi connectivity index (χ1n) is 9.35. The molecule has 1 aliphatic rings. The highest BCUT2D eigenvalue weighted by Gasteiger charge is 2.37. The van der Waals surface area contributed by atoms with Crippen LogP contribution in [0.5, 0.6) is 0 Å². The molecule has 6 nitrogen and oxygen atoms in total. The number of benzene rings is 1. The maximum atomic E-state index is 13.2. The van der Waals surface area contributed by atoms with Gasteiger partial charge in [0, 0.05) is 30.5 Å². The van der Waals surface area contributed by atoms with E-state index in [2.05, 4.69) is 15.3 Å². The van der Waals surface area contributed by atoms with E-state index >= 15 is 0 Å². The second-order valence-electron chi connectivity index (χ2n) is 7.52. The Morgan fingerprint density at radius 1 is 1.29 bits per heavy atom. The smallest absolute Gasteiger partial charge is 0.254 e. The van der Waals surface area contributed by atoms with Crippen molar-refractivity contribution in [2.75, 3.05) is 6.54 Å². The molecule has 2 amide bonds. The summed E-state index contributed by atoms with van der Waals surface area (Å²) < 4.78 is 26.5. The maximum Gasteiger partial charge on any atom is 0.254 e. The first kappa shape index (κ1) is 20.1. The Bertz CT molecular complexity index is 897. The molecule has 0 bridgehead atoms. The number of fused-ring (bicyclic) bond motifs is 1. The Balaban J connectivity index is 1.73. The van der Waals surface area contributed by atoms with Gasteiger partial charge in [-0.3, -0.25) is 19.6 Å². The van der Waals surface area contributed by atoms with E-state index in [1.165, 1.54) is 4.90 Å². The van der Waals surface area contributed by atoms with Crippen LogP contribution in [0.4, 0.5) is 8.78 Å². The number of nitrogens with zero attached hydrogens (tertiary/aromatic N) is 3. The van der Waals surface area contributed by atoms with E-state index in [0.717, 1.165) is 18.9 Å². The van der Waals surface area contributed by atoms with Crippen LogP contribution < -0.4 is 5.32 Å². The van der Waals surface area contributed by atoms with Gasteiger partial charge in [-0.05, 0) is 51.3 Å². The minimum absolute atomic E-state index is 0.280. The summed E-state index contributed by atoms with van der Waals surface area (Å²) in [5.74, 6) is -3.90. The fourth-order valence-corrected chi connectivity index (χ4v) is 3.73. The van der Waals surface area contributed by atoms with Crippen molar-refractivity contribution in [3.8, 4) is 0 Å². The minimum Gasteiger partial charge on any atom is -0.348 e. The third-order valence-electron chi connectivity index (χ3n) is 5.08. The molecule has 2 heterocycles. The van der Waals surface area contributed by atoms with Crippen molar-refractivity contribution >= 4 is 22.8 Å². The second-order valence-corrected chi connectivity index (χ2v) is 7.52.